The van der Waals surface area contributed by atoms with E-state index in [1.165, 1.54) is 6.07 Å². The monoisotopic (exact) mass is 299 g/mol. The highest BCUT2D eigenvalue weighted by atomic mass is 32.2. The number of rotatable bonds is 4. The molecule has 112 valence electrons. The third-order valence-electron chi connectivity index (χ3n) is 3.94. The van der Waals surface area contributed by atoms with Crippen molar-refractivity contribution in [2.45, 2.75) is 37.0 Å². The molecule has 1 fully saturated rings. The standard InChI is InChI=1S/C15H22FNO2S/c1-3-9-17-10-7-12(8-11-17)13-5-4-6-14(16)15(13)20(2,18)19/h4-6,12H,3,7-11H2,1-2H3. The van der Waals surface area contributed by atoms with Crippen LogP contribution in [0, 0.1) is 5.82 Å². The summed E-state index contributed by atoms with van der Waals surface area (Å²) < 4.78 is 37.6. The maximum absolute atomic E-state index is 13.9. The van der Waals surface area contributed by atoms with Crippen molar-refractivity contribution in [2.24, 2.45) is 0 Å². The zero-order valence-electron chi connectivity index (χ0n) is 12.1. The van der Waals surface area contributed by atoms with Gasteiger partial charge in [-0.25, -0.2) is 12.8 Å². The summed E-state index contributed by atoms with van der Waals surface area (Å²) in [6.07, 6.45) is 4.00. The highest BCUT2D eigenvalue weighted by molar-refractivity contribution is 7.90. The summed E-state index contributed by atoms with van der Waals surface area (Å²) in [6, 6.07) is 4.60. The van der Waals surface area contributed by atoms with Crippen LogP contribution in [-0.2, 0) is 9.84 Å². The Balaban J connectivity index is 2.25. The molecular formula is C15H22FNO2S. The lowest BCUT2D eigenvalue weighted by Gasteiger charge is -2.32. The number of piperidine rings is 1. The second-order valence-corrected chi connectivity index (χ2v) is 7.50. The van der Waals surface area contributed by atoms with Crippen LogP contribution in [0.25, 0.3) is 0 Å². The Kier molecular flexibility index (Phi) is 4.81. The van der Waals surface area contributed by atoms with Gasteiger partial charge < -0.3 is 4.90 Å². The van der Waals surface area contributed by atoms with Gasteiger partial charge in [0.25, 0.3) is 0 Å². The first-order valence-corrected chi connectivity index (χ1v) is 9.03. The van der Waals surface area contributed by atoms with Gasteiger partial charge in [0.05, 0.1) is 0 Å². The Hall–Kier alpha value is -0.940. The second kappa shape index (κ2) is 6.22. The zero-order chi connectivity index (χ0) is 14.8. The zero-order valence-corrected chi connectivity index (χ0v) is 12.9. The number of likely N-dealkylation sites (tertiary alicyclic amines) is 1. The van der Waals surface area contributed by atoms with Crippen molar-refractivity contribution in [3.05, 3.63) is 29.6 Å². The minimum Gasteiger partial charge on any atom is -0.303 e. The molecule has 0 saturated carbocycles. The summed E-state index contributed by atoms with van der Waals surface area (Å²) in [5, 5.41) is 0. The van der Waals surface area contributed by atoms with Crippen LogP contribution >= 0.6 is 0 Å². The Morgan fingerprint density at radius 3 is 2.50 bits per heavy atom. The lowest BCUT2D eigenvalue weighted by atomic mass is 9.89. The summed E-state index contributed by atoms with van der Waals surface area (Å²) in [5.74, 6) is -0.482. The Morgan fingerprint density at radius 1 is 1.30 bits per heavy atom. The second-order valence-electron chi connectivity index (χ2n) is 5.55. The van der Waals surface area contributed by atoms with Gasteiger partial charge in [0.2, 0.25) is 0 Å². The molecular weight excluding hydrogens is 277 g/mol. The molecule has 0 spiro atoms. The van der Waals surface area contributed by atoms with E-state index < -0.39 is 15.7 Å². The summed E-state index contributed by atoms with van der Waals surface area (Å²) >= 11 is 0. The first kappa shape index (κ1) is 15.4. The van der Waals surface area contributed by atoms with Gasteiger partial charge in [-0.15, -0.1) is 0 Å². The number of halogens is 1. The van der Waals surface area contributed by atoms with Gasteiger partial charge >= 0.3 is 0 Å². The van der Waals surface area contributed by atoms with Gasteiger partial charge in [0, 0.05) is 6.26 Å². The highest BCUT2D eigenvalue weighted by Gasteiger charge is 2.27. The van der Waals surface area contributed by atoms with Crippen LogP contribution in [0.4, 0.5) is 4.39 Å². The first-order chi connectivity index (χ1) is 9.43. The van der Waals surface area contributed by atoms with E-state index in [1.807, 2.05) is 0 Å². The van der Waals surface area contributed by atoms with E-state index in [-0.39, 0.29) is 10.8 Å². The molecule has 0 amide bonds. The third kappa shape index (κ3) is 3.38. The summed E-state index contributed by atoms with van der Waals surface area (Å²) in [4.78, 5) is 2.28. The van der Waals surface area contributed by atoms with Crippen molar-refractivity contribution in [3.63, 3.8) is 0 Å². The molecule has 0 unspecified atom stereocenters. The predicted octanol–water partition coefficient (Wildman–Crippen LogP) is 2.82. The lowest BCUT2D eigenvalue weighted by Crippen LogP contribution is -2.33. The van der Waals surface area contributed by atoms with Crippen molar-refractivity contribution in [1.82, 2.24) is 4.90 Å². The van der Waals surface area contributed by atoms with Gasteiger partial charge in [-0.1, -0.05) is 19.1 Å². The molecule has 0 atom stereocenters. The lowest BCUT2D eigenvalue weighted by molar-refractivity contribution is 0.211. The van der Waals surface area contributed by atoms with Gasteiger partial charge in [-0.3, -0.25) is 0 Å². The topological polar surface area (TPSA) is 37.4 Å². The van der Waals surface area contributed by atoms with Crippen LogP contribution in [0.1, 0.15) is 37.7 Å². The van der Waals surface area contributed by atoms with Crippen LogP contribution in [0.3, 0.4) is 0 Å². The van der Waals surface area contributed by atoms with Crippen LogP contribution in [0.15, 0.2) is 23.1 Å². The molecule has 0 aliphatic carbocycles. The fourth-order valence-corrected chi connectivity index (χ4v) is 4.11. The Bertz CT molecular complexity index is 563. The van der Waals surface area contributed by atoms with E-state index in [4.69, 9.17) is 0 Å². The molecule has 0 radical (unpaired) electrons. The molecule has 3 nitrogen and oxygen atoms in total. The molecule has 1 aromatic rings. The van der Waals surface area contributed by atoms with Crippen LogP contribution < -0.4 is 0 Å². The quantitative estimate of drug-likeness (QED) is 0.858. The highest BCUT2D eigenvalue weighted by Crippen LogP contribution is 2.33. The summed E-state index contributed by atoms with van der Waals surface area (Å²) in [7, 11) is -3.53. The number of sulfone groups is 1. The molecule has 1 heterocycles. The van der Waals surface area contributed by atoms with E-state index in [0.29, 0.717) is 5.56 Å². The molecule has 1 aromatic carbocycles. The molecule has 1 aliphatic rings. The van der Waals surface area contributed by atoms with Crippen LogP contribution in [-0.4, -0.2) is 39.2 Å². The molecule has 0 N–H and O–H groups in total. The average molecular weight is 299 g/mol. The minimum absolute atomic E-state index is 0.103. The molecule has 0 bridgehead atoms. The van der Waals surface area contributed by atoms with Crippen molar-refractivity contribution < 1.29 is 12.8 Å². The van der Waals surface area contributed by atoms with Gasteiger partial charge in [-0.05, 0) is 56.4 Å². The van der Waals surface area contributed by atoms with Crippen molar-refractivity contribution in [2.75, 3.05) is 25.9 Å². The molecule has 5 heteroatoms. The number of hydrogen-bond acceptors (Lipinski definition) is 3. The summed E-state index contributed by atoms with van der Waals surface area (Å²) in [5.41, 5.74) is 0.656. The smallest absolute Gasteiger partial charge is 0.178 e. The molecule has 1 saturated heterocycles. The normalized spacial score (nSPS) is 18.4. The predicted molar refractivity (Wildman–Crippen MR) is 78.2 cm³/mol. The van der Waals surface area contributed by atoms with Crippen molar-refractivity contribution in [1.29, 1.82) is 0 Å². The Morgan fingerprint density at radius 2 is 1.95 bits per heavy atom. The average Bonchev–Trinajstić information content (AvgIpc) is 2.38. The van der Waals surface area contributed by atoms with Gasteiger partial charge in [-0.2, -0.15) is 0 Å². The third-order valence-corrected chi connectivity index (χ3v) is 5.11. The van der Waals surface area contributed by atoms with Crippen LogP contribution in [0.5, 0.6) is 0 Å². The van der Waals surface area contributed by atoms with Crippen molar-refractivity contribution in [3.8, 4) is 0 Å². The summed E-state index contributed by atoms with van der Waals surface area (Å²) in [6.45, 7) is 5.14. The molecule has 1 aliphatic heterocycles. The van der Waals surface area contributed by atoms with E-state index in [2.05, 4.69) is 11.8 Å². The maximum Gasteiger partial charge on any atom is 0.178 e. The largest absolute Gasteiger partial charge is 0.303 e. The maximum atomic E-state index is 13.9. The van der Waals surface area contributed by atoms with E-state index in [0.717, 1.165) is 45.2 Å². The molecule has 0 aromatic heterocycles. The van der Waals surface area contributed by atoms with Crippen LogP contribution in [0.2, 0.25) is 0 Å². The van der Waals surface area contributed by atoms with Gasteiger partial charge in [0.1, 0.15) is 10.7 Å². The van der Waals surface area contributed by atoms with E-state index in [1.54, 1.807) is 12.1 Å². The Labute approximate surface area is 120 Å². The number of nitrogens with zero attached hydrogens (tertiary/aromatic N) is 1. The van der Waals surface area contributed by atoms with Crippen molar-refractivity contribution >= 4 is 9.84 Å². The fraction of sp³-hybridized carbons (Fsp3) is 0.600. The number of hydrogen-bond donors (Lipinski definition) is 0. The SMILES string of the molecule is CCCN1CCC(c2cccc(F)c2S(C)(=O)=O)CC1. The van der Waals surface area contributed by atoms with Gasteiger partial charge in [0.15, 0.2) is 9.84 Å². The minimum atomic E-state index is -3.53. The number of benzene rings is 1. The van der Waals surface area contributed by atoms with E-state index >= 15 is 0 Å². The fourth-order valence-electron chi connectivity index (χ4n) is 3.02. The van der Waals surface area contributed by atoms with E-state index in [9.17, 15) is 12.8 Å². The molecule has 2 rings (SSSR count). The first-order valence-electron chi connectivity index (χ1n) is 7.14. The molecule has 20 heavy (non-hydrogen) atoms.